The SMILES string of the molecule is COc1cc(C=O)c(F)cc1N(CC#Cc1cc2c(NC3CCN(C)CC3F)cccc2n1CC1CC1)C(=O)OC(C)(C)C. The molecule has 0 bridgehead atoms. The van der Waals surface area contributed by atoms with Gasteiger partial charge in [-0.05, 0) is 83.2 Å². The number of nitrogens with one attached hydrogen (secondary N) is 1. The molecule has 2 unspecified atom stereocenters. The molecule has 10 heteroatoms. The van der Waals surface area contributed by atoms with E-state index in [1.807, 2.05) is 36.2 Å². The summed E-state index contributed by atoms with van der Waals surface area (Å²) in [6.07, 6.45) is 1.70. The molecule has 2 heterocycles. The van der Waals surface area contributed by atoms with E-state index in [1.165, 1.54) is 18.1 Å². The molecule has 0 radical (unpaired) electrons. The fourth-order valence-corrected chi connectivity index (χ4v) is 5.49. The molecule has 1 amide bonds. The van der Waals surface area contributed by atoms with Crippen molar-refractivity contribution in [2.45, 2.75) is 64.4 Å². The highest BCUT2D eigenvalue weighted by molar-refractivity contribution is 5.94. The Morgan fingerprint density at radius 2 is 1.98 bits per heavy atom. The maximum atomic E-state index is 14.9. The van der Waals surface area contributed by atoms with Crippen molar-refractivity contribution in [2.24, 2.45) is 5.92 Å². The number of aromatic nitrogens is 1. The maximum absolute atomic E-state index is 14.9. The van der Waals surface area contributed by atoms with E-state index in [1.54, 1.807) is 20.8 Å². The fourth-order valence-electron chi connectivity index (χ4n) is 5.49. The highest BCUT2D eigenvalue weighted by Gasteiger charge is 2.29. The van der Waals surface area contributed by atoms with E-state index < -0.39 is 23.7 Å². The Bertz CT molecular complexity index is 1600. The largest absolute Gasteiger partial charge is 0.495 e. The van der Waals surface area contributed by atoms with E-state index in [9.17, 15) is 18.4 Å². The van der Waals surface area contributed by atoms with Gasteiger partial charge >= 0.3 is 6.09 Å². The molecule has 1 aliphatic carbocycles. The molecule has 1 saturated heterocycles. The molecule has 234 valence electrons. The van der Waals surface area contributed by atoms with Crippen LogP contribution in [0.3, 0.4) is 0 Å². The van der Waals surface area contributed by atoms with Gasteiger partial charge in [0.25, 0.3) is 0 Å². The monoisotopic (exact) mass is 606 g/mol. The summed E-state index contributed by atoms with van der Waals surface area (Å²) in [5.74, 6) is 6.25. The summed E-state index contributed by atoms with van der Waals surface area (Å²) in [6, 6.07) is 10.0. The Morgan fingerprint density at radius 3 is 2.64 bits per heavy atom. The van der Waals surface area contributed by atoms with Crippen molar-refractivity contribution in [1.82, 2.24) is 9.47 Å². The number of fused-ring (bicyclic) bond motifs is 1. The topological polar surface area (TPSA) is 76.0 Å². The van der Waals surface area contributed by atoms with E-state index in [-0.39, 0.29) is 29.6 Å². The van der Waals surface area contributed by atoms with Gasteiger partial charge in [-0.25, -0.2) is 13.6 Å². The number of hydrogen-bond acceptors (Lipinski definition) is 6. The van der Waals surface area contributed by atoms with Crippen LogP contribution in [-0.4, -0.2) is 73.5 Å². The number of halogens is 2. The van der Waals surface area contributed by atoms with Gasteiger partial charge in [-0.15, -0.1) is 0 Å². The number of alkyl halides is 1. The van der Waals surface area contributed by atoms with Crippen LogP contribution < -0.4 is 15.0 Å². The lowest BCUT2D eigenvalue weighted by molar-refractivity contribution is 0.0584. The van der Waals surface area contributed by atoms with Gasteiger partial charge in [0.1, 0.15) is 23.3 Å². The Hall–Kier alpha value is -4.10. The van der Waals surface area contributed by atoms with Crippen LogP contribution in [0.25, 0.3) is 10.9 Å². The summed E-state index contributed by atoms with van der Waals surface area (Å²) >= 11 is 0. The molecule has 8 nitrogen and oxygen atoms in total. The molecule has 2 aliphatic rings. The first-order chi connectivity index (χ1) is 21.0. The third kappa shape index (κ3) is 7.16. The molecule has 1 N–H and O–H groups in total. The van der Waals surface area contributed by atoms with Crippen LogP contribution in [0, 0.1) is 23.6 Å². The third-order valence-corrected chi connectivity index (χ3v) is 7.95. The molecule has 2 aromatic carbocycles. The number of hydrogen-bond donors (Lipinski definition) is 1. The molecule has 0 spiro atoms. The van der Waals surface area contributed by atoms with Gasteiger partial charge in [-0.3, -0.25) is 9.69 Å². The number of carbonyl (C=O) groups excluding carboxylic acids is 2. The summed E-state index contributed by atoms with van der Waals surface area (Å²) in [4.78, 5) is 27.9. The minimum atomic E-state index is -0.974. The molecule has 5 rings (SSSR count). The third-order valence-electron chi connectivity index (χ3n) is 7.95. The van der Waals surface area contributed by atoms with Crippen LogP contribution in [0.5, 0.6) is 5.75 Å². The first kappa shape index (κ1) is 31.3. The van der Waals surface area contributed by atoms with E-state index in [0.717, 1.165) is 54.3 Å². The van der Waals surface area contributed by atoms with Crippen molar-refractivity contribution in [2.75, 3.05) is 44.0 Å². The second-order valence-corrected chi connectivity index (χ2v) is 12.7. The van der Waals surface area contributed by atoms with Crippen molar-refractivity contribution < 1.29 is 27.8 Å². The lowest BCUT2D eigenvalue weighted by Crippen LogP contribution is -2.46. The Labute approximate surface area is 257 Å². The first-order valence-corrected chi connectivity index (χ1v) is 15.0. The summed E-state index contributed by atoms with van der Waals surface area (Å²) in [5, 5.41) is 4.42. The van der Waals surface area contributed by atoms with E-state index in [4.69, 9.17) is 9.47 Å². The van der Waals surface area contributed by atoms with E-state index in [2.05, 4.69) is 21.7 Å². The van der Waals surface area contributed by atoms with E-state index in [0.29, 0.717) is 25.2 Å². The molecule has 1 aromatic heterocycles. The summed E-state index contributed by atoms with van der Waals surface area (Å²) in [7, 11) is 3.31. The second-order valence-electron chi connectivity index (χ2n) is 12.7. The highest BCUT2D eigenvalue weighted by atomic mass is 19.1. The predicted molar refractivity (Wildman–Crippen MR) is 168 cm³/mol. The first-order valence-electron chi connectivity index (χ1n) is 15.0. The van der Waals surface area contributed by atoms with Crippen molar-refractivity contribution in [3.63, 3.8) is 0 Å². The lowest BCUT2D eigenvalue weighted by atomic mass is 10.0. The van der Waals surface area contributed by atoms with E-state index >= 15 is 0 Å². The number of nitrogens with zero attached hydrogens (tertiary/aromatic N) is 3. The number of aldehydes is 1. The van der Waals surface area contributed by atoms with Crippen LogP contribution in [-0.2, 0) is 11.3 Å². The Balaban J connectivity index is 1.50. The van der Waals surface area contributed by atoms with Gasteiger partial charge in [-0.1, -0.05) is 12.0 Å². The molecule has 3 aromatic rings. The van der Waals surface area contributed by atoms with Crippen molar-refractivity contribution in [1.29, 1.82) is 0 Å². The van der Waals surface area contributed by atoms with Crippen LogP contribution in [0.1, 0.15) is 56.1 Å². The van der Waals surface area contributed by atoms with Crippen LogP contribution in [0.4, 0.5) is 25.0 Å². The summed E-state index contributed by atoms with van der Waals surface area (Å²) in [6.45, 7) is 7.11. The zero-order valence-corrected chi connectivity index (χ0v) is 26.0. The summed E-state index contributed by atoms with van der Waals surface area (Å²) in [5.41, 5.74) is 1.73. The van der Waals surface area contributed by atoms with Crippen LogP contribution >= 0.6 is 0 Å². The number of anilines is 2. The van der Waals surface area contributed by atoms with Gasteiger partial charge in [0.05, 0.1) is 42.2 Å². The molecule has 44 heavy (non-hydrogen) atoms. The number of methoxy groups -OCH3 is 1. The van der Waals surface area contributed by atoms with Gasteiger partial charge in [0, 0.05) is 36.8 Å². The average Bonchev–Trinajstić information content (AvgIpc) is 3.72. The van der Waals surface area contributed by atoms with Crippen LogP contribution in [0.15, 0.2) is 36.4 Å². The number of piperidine rings is 1. The van der Waals surface area contributed by atoms with Crippen LogP contribution in [0.2, 0.25) is 0 Å². The predicted octanol–water partition coefficient (Wildman–Crippen LogP) is 6.26. The van der Waals surface area contributed by atoms with Crippen molar-refractivity contribution >= 4 is 34.7 Å². The minimum Gasteiger partial charge on any atom is -0.495 e. The van der Waals surface area contributed by atoms with Crippen molar-refractivity contribution in [3.05, 3.63) is 53.5 Å². The fraction of sp³-hybridized carbons (Fsp3) is 0.471. The maximum Gasteiger partial charge on any atom is 0.415 e. The number of benzene rings is 2. The quantitative estimate of drug-likeness (QED) is 0.241. The van der Waals surface area contributed by atoms with Gasteiger partial charge in [0.2, 0.25) is 0 Å². The van der Waals surface area contributed by atoms with Gasteiger partial charge in [0.15, 0.2) is 6.29 Å². The average molecular weight is 607 g/mol. The zero-order valence-electron chi connectivity index (χ0n) is 26.0. The second kappa shape index (κ2) is 12.9. The number of likely N-dealkylation sites (tertiary alicyclic amines) is 1. The van der Waals surface area contributed by atoms with Crippen molar-refractivity contribution in [3.8, 4) is 17.6 Å². The molecule has 2 fully saturated rings. The Morgan fingerprint density at radius 1 is 1.20 bits per heavy atom. The number of carbonyl (C=O) groups is 2. The Kier molecular flexibility index (Phi) is 9.16. The lowest BCUT2D eigenvalue weighted by Gasteiger charge is -2.33. The van der Waals surface area contributed by atoms with Gasteiger partial charge in [-0.2, -0.15) is 0 Å². The molecule has 1 aliphatic heterocycles. The standard InChI is InChI=1S/C34H40F2N4O4/c1-34(2,3)44-33(42)39(31-18-26(35)23(21-41)16-32(31)43-5)14-7-8-24-17-25-28(37-29-13-15-38(4)20-27(29)36)9-6-10-30(25)40(24)19-22-11-12-22/h6,9-10,16-18,21-22,27,29,37H,11-15,19-20H2,1-5H3. The number of amides is 1. The minimum absolute atomic E-state index is 0.100. The number of rotatable bonds is 8. The number of ether oxygens (including phenoxy) is 2. The summed E-state index contributed by atoms with van der Waals surface area (Å²) < 4.78 is 42.8. The highest BCUT2D eigenvalue weighted by Crippen LogP contribution is 2.36. The zero-order chi connectivity index (χ0) is 31.6. The molecule has 2 atom stereocenters. The molecule has 1 saturated carbocycles. The smallest absolute Gasteiger partial charge is 0.415 e. The van der Waals surface area contributed by atoms with Gasteiger partial charge < -0.3 is 24.3 Å². The molecular weight excluding hydrogens is 566 g/mol. The molecular formula is C34H40F2N4O4. The normalized spacial score (nSPS) is 18.8.